The van der Waals surface area contributed by atoms with Crippen molar-refractivity contribution in [2.45, 2.75) is 32.9 Å². The van der Waals surface area contributed by atoms with E-state index >= 15 is 0 Å². The summed E-state index contributed by atoms with van der Waals surface area (Å²) in [4.78, 5) is 12.5. The van der Waals surface area contributed by atoms with E-state index < -0.39 is 11.8 Å². The lowest BCUT2D eigenvalue weighted by atomic mass is 10.0. The highest BCUT2D eigenvalue weighted by atomic mass is 19.1. The van der Waals surface area contributed by atoms with Crippen molar-refractivity contribution < 1.29 is 19.4 Å². The first kappa shape index (κ1) is 14.4. The van der Waals surface area contributed by atoms with Crippen LogP contribution in [-0.2, 0) is 11.3 Å². The lowest BCUT2D eigenvalue weighted by Crippen LogP contribution is -2.43. The van der Waals surface area contributed by atoms with E-state index in [0.29, 0.717) is 5.56 Å². The minimum atomic E-state index is -0.939. The van der Waals surface area contributed by atoms with E-state index in [2.05, 4.69) is 0 Å². The molecule has 0 amide bonds. The van der Waals surface area contributed by atoms with Crippen molar-refractivity contribution in [3.05, 3.63) is 29.6 Å². The third kappa shape index (κ3) is 4.33. The van der Waals surface area contributed by atoms with Crippen LogP contribution in [0.2, 0.25) is 0 Å². The molecule has 0 saturated carbocycles. The predicted octanol–water partition coefficient (Wildman–Crippen LogP) is 2.22. The Balaban J connectivity index is 2.92. The second kappa shape index (κ2) is 5.35. The number of nitrogens with zero attached hydrogens (tertiary/aromatic N) is 1. The highest BCUT2D eigenvalue weighted by molar-refractivity contribution is 5.69. The molecule has 0 spiro atoms. The Morgan fingerprint density at radius 3 is 2.39 bits per heavy atom. The summed E-state index contributed by atoms with van der Waals surface area (Å²) in [5.74, 6) is -1.63. The Bertz CT molecular complexity index is 420. The maximum atomic E-state index is 13.1. The maximum absolute atomic E-state index is 13.1. The Kier molecular flexibility index (Phi) is 4.29. The quantitative estimate of drug-likeness (QED) is 0.866. The number of phenols is 1. The Labute approximate surface area is 106 Å². The van der Waals surface area contributed by atoms with E-state index in [1.165, 1.54) is 12.1 Å². The zero-order valence-corrected chi connectivity index (χ0v) is 10.8. The monoisotopic (exact) mass is 255 g/mol. The fourth-order valence-corrected chi connectivity index (χ4v) is 1.64. The number of rotatable bonds is 4. The number of phenolic OH excluding ortho intramolecular Hbond substituents is 1. The summed E-state index contributed by atoms with van der Waals surface area (Å²) in [5, 5.41) is 18.2. The summed E-state index contributed by atoms with van der Waals surface area (Å²) < 4.78 is 13.1. The number of hydrogen-bond acceptors (Lipinski definition) is 3. The van der Waals surface area contributed by atoms with Crippen LogP contribution < -0.4 is 0 Å². The molecule has 0 heterocycles. The van der Waals surface area contributed by atoms with Crippen molar-refractivity contribution in [2.75, 3.05) is 6.54 Å². The lowest BCUT2D eigenvalue weighted by molar-refractivity contribution is -0.139. The Hall–Kier alpha value is -1.62. The largest absolute Gasteiger partial charge is 0.508 e. The number of halogens is 1. The average molecular weight is 255 g/mol. The Morgan fingerprint density at radius 1 is 1.33 bits per heavy atom. The number of carbonyl (C=O) groups is 1. The molecule has 0 bridgehead atoms. The SMILES string of the molecule is CC(C)(C)N(CC(=O)O)Cc1cc(O)cc(F)c1. The van der Waals surface area contributed by atoms with Crippen LogP contribution in [0.1, 0.15) is 26.3 Å². The van der Waals surface area contributed by atoms with E-state index in [1.54, 1.807) is 4.90 Å². The van der Waals surface area contributed by atoms with E-state index in [-0.39, 0.29) is 24.4 Å². The molecule has 0 fully saturated rings. The molecule has 0 aliphatic rings. The smallest absolute Gasteiger partial charge is 0.317 e. The molecule has 1 rings (SSSR count). The molecule has 0 atom stereocenters. The minimum Gasteiger partial charge on any atom is -0.508 e. The minimum absolute atomic E-state index is 0.138. The van der Waals surface area contributed by atoms with Gasteiger partial charge in [-0.05, 0) is 38.5 Å². The third-order valence-electron chi connectivity index (χ3n) is 2.59. The number of carboxylic acids is 1. The molecule has 0 saturated heterocycles. The molecule has 0 aromatic heterocycles. The summed E-state index contributed by atoms with van der Waals surface area (Å²) in [6.07, 6.45) is 0. The first-order valence-corrected chi connectivity index (χ1v) is 5.64. The highest BCUT2D eigenvalue weighted by Crippen LogP contribution is 2.20. The van der Waals surface area contributed by atoms with Crippen LogP contribution >= 0.6 is 0 Å². The number of carboxylic acid groups (broad SMARTS) is 1. The molecule has 100 valence electrons. The topological polar surface area (TPSA) is 60.8 Å². The van der Waals surface area contributed by atoms with Crippen molar-refractivity contribution in [1.29, 1.82) is 0 Å². The van der Waals surface area contributed by atoms with Gasteiger partial charge in [-0.1, -0.05) is 0 Å². The molecule has 0 unspecified atom stereocenters. The molecule has 2 N–H and O–H groups in total. The van der Waals surface area contributed by atoms with Crippen LogP contribution in [-0.4, -0.2) is 33.2 Å². The predicted molar refractivity (Wildman–Crippen MR) is 65.9 cm³/mol. The molecule has 0 radical (unpaired) electrons. The molecular weight excluding hydrogens is 237 g/mol. The van der Waals surface area contributed by atoms with Crippen LogP contribution in [0.5, 0.6) is 5.75 Å². The Morgan fingerprint density at radius 2 is 1.94 bits per heavy atom. The molecule has 5 heteroatoms. The van der Waals surface area contributed by atoms with Crippen molar-refractivity contribution in [1.82, 2.24) is 4.90 Å². The van der Waals surface area contributed by atoms with Gasteiger partial charge in [0.15, 0.2) is 0 Å². The van der Waals surface area contributed by atoms with Crippen LogP contribution in [0, 0.1) is 5.82 Å². The van der Waals surface area contributed by atoms with Crippen molar-refractivity contribution in [2.24, 2.45) is 0 Å². The number of benzene rings is 1. The zero-order valence-electron chi connectivity index (χ0n) is 10.8. The van der Waals surface area contributed by atoms with Gasteiger partial charge in [-0.15, -0.1) is 0 Å². The standard InChI is InChI=1S/C13H18FNO3/c1-13(2,3)15(8-12(17)18)7-9-4-10(14)6-11(16)5-9/h4-6,16H,7-8H2,1-3H3,(H,17,18). The fraction of sp³-hybridized carbons (Fsp3) is 0.462. The molecule has 0 aliphatic carbocycles. The van der Waals surface area contributed by atoms with Gasteiger partial charge in [0.25, 0.3) is 0 Å². The first-order chi connectivity index (χ1) is 8.18. The number of hydrogen-bond donors (Lipinski definition) is 2. The van der Waals surface area contributed by atoms with E-state index in [9.17, 15) is 14.3 Å². The van der Waals surface area contributed by atoms with Crippen LogP contribution in [0.15, 0.2) is 18.2 Å². The summed E-state index contributed by atoms with van der Waals surface area (Å²) in [7, 11) is 0. The second-order valence-electron chi connectivity index (χ2n) is 5.24. The molecule has 1 aromatic carbocycles. The molecule has 18 heavy (non-hydrogen) atoms. The van der Waals surface area contributed by atoms with Gasteiger partial charge >= 0.3 is 5.97 Å². The van der Waals surface area contributed by atoms with E-state index in [1.807, 2.05) is 20.8 Å². The highest BCUT2D eigenvalue weighted by Gasteiger charge is 2.23. The molecule has 0 aliphatic heterocycles. The lowest BCUT2D eigenvalue weighted by Gasteiger charge is -2.34. The second-order valence-corrected chi connectivity index (χ2v) is 5.24. The number of aliphatic carboxylic acids is 1. The summed E-state index contributed by atoms with van der Waals surface area (Å²) >= 11 is 0. The summed E-state index contributed by atoms with van der Waals surface area (Å²) in [5.41, 5.74) is 0.184. The van der Waals surface area contributed by atoms with E-state index in [4.69, 9.17) is 5.11 Å². The van der Waals surface area contributed by atoms with Gasteiger partial charge in [0, 0.05) is 18.2 Å². The van der Waals surface area contributed by atoms with Gasteiger partial charge in [-0.3, -0.25) is 9.69 Å². The van der Waals surface area contributed by atoms with Gasteiger partial charge in [0.05, 0.1) is 6.54 Å². The molecule has 4 nitrogen and oxygen atoms in total. The summed E-state index contributed by atoms with van der Waals surface area (Å²) in [6, 6.07) is 3.74. The van der Waals surface area contributed by atoms with Crippen LogP contribution in [0.3, 0.4) is 0 Å². The van der Waals surface area contributed by atoms with Crippen molar-refractivity contribution in [3.63, 3.8) is 0 Å². The van der Waals surface area contributed by atoms with Crippen molar-refractivity contribution in [3.8, 4) is 5.75 Å². The number of aromatic hydroxyl groups is 1. The van der Waals surface area contributed by atoms with Gasteiger partial charge in [-0.25, -0.2) is 4.39 Å². The molecular formula is C13H18FNO3. The van der Waals surface area contributed by atoms with Crippen molar-refractivity contribution >= 4 is 5.97 Å². The third-order valence-corrected chi connectivity index (χ3v) is 2.59. The normalized spacial score (nSPS) is 11.8. The van der Waals surface area contributed by atoms with Gasteiger partial charge in [0.1, 0.15) is 11.6 Å². The van der Waals surface area contributed by atoms with Crippen LogP contribution in [0.25, 0.3) is 0 Å². The average Bonchev–Trinajstić information content (AvgIpc) is 2.12. The van der Waals surface area contributed by atoms with E-state index in [0.717, 1.165) is 6.07 Å². The molecule has 1 aromatic rings. The van der Waals surface area contributed by atoms with Gasteiger partial charge < -0.3 is 10.2 Å². The van der Waals surface area contributed by atoms with Gasteiger partial charge in [-0.2, -0.15) is 0 Å². The first-order valence-electron chi connectivity index (χ1n) is 5.64. The van der Waals surface area contributed by atoms with Gasteiger partial charge in [0.2, 0.25) is 0 Å². The summed E-state index contributed by atoms with van der Waals surface area (Å²) in [6.45, 7) is 5.78. The zero-order chi connectivity index (χ0) is 13.9. The fourth-order valence-electron chi connectivity index (χ4n) is 1.64. The maximum Gasteiger partial charge on any atom is 0.317 e. The van der Waals surface area contributed by atoms with Crippen LogP contribution in [0.4, 0.5) is 4.39 Å².